The number of methoxy groups -OCH3 is 1. The first-order chi connectivity index (χ1) is 23.2. The number of hydrogen-bond acceptors (Lipinski definition) is 9. The van der Waals surface area contributed by atoms with Gasteiger partial charge in [0.25, 0.3) is 0 Å². The van der Waals surface area contributed by atoms with Crippen LogP contribution in [0.15, 0.2) is 36.0 Å². The quantitative estimate of drug-likeness (QED) is 0.0659. The zero-order valence-electron chi connectivity index (χ0n) is 31.5. The number of carbonyl (C=O) groups excluding carboxylic acids is 4. The molecule has 2 bridgehead atoms. The van der Waals surface area contributed by atoms with E-state index in [1.165, 1.54) is 37.0 Å². The Balaban J connectivity index is 1.51. The van der Waals surface area contributed by atoms with Crippen molar-refractivity contribution in [3.8, 4) is 0 Å². The summed E-state index contributed by atoms with van der Waals surface area (Å²) in [6.07, 6.45) is 13.5. The van der Waals surface area contributed by atoms with Crippen LogP contribution in [0.25, 0.3) is 0 Å². The minimum Gasteiger partial charge on any atom is -0.481 e. The van der Waals surface area contributed by atoms with E-state index in [-0.39, 0.29) is 55.0 Å². The van der Waals surface area contributed by atoms with Crippen LogP contribution in [0.5, 0.6) is 0 Å². The fraction of sp³-hybridized carbons (Fsp3) is 0.718. The molecule has 0 unspecified atom stereocenters. The second-order valence-electron chi connectivity index (χ2n) is 16.5. The Labute approximate surface area is 297 Å². The van der Waals surface area contributed by atoms with Gasteiger partial charge in [-0.05, 0) is 56.8 Å². The maximum Gasteiger partial charge on any atom is 0.331 e. The second kappa shape index (κ2) is 16.7. The summed E-state index contributed by atoms with van der Waals surface area (Å²) in [5.74, 6) is -3.54. The predicted octanol–water partition coefficient (Wildman–Crippen LogP) is 6.25. The van der Waals surface area contributed by atoms with Crippen molar-refractivity contribution in [2.24, 2.45) is 27.6 Å². The molecule has 50 heavy (non-hydrogen) atoms. The Morgan fingerprint density at radius 3 is 2.36 bits per heavy atom. The van der Waals surface area contributed by atoms with Gasteiger partial charge in [-0.1, -0.05) is 78.7 Å². The second-order valence-corrected chi connectivity index (χ2v) is 16.5. The molecule has 3 aliphatic rings. The molecule has 0 aromatic rings. The minimum absolute atomic E-state index is 0.00877. The van der Waals surface area contributed by atoms with Crippen LogP contribution in [0.1, 0.15) is 113 Å². The van der Waals surface area contributed by atoms with E-state index in [9.17, 15) is 29.1 Å². The summed E-state index contributed by atoms with van der Waals surface area (Å²) in [4.78, 5) is 62.4. The molecular formula is C39H59NO10. The third-order valence-corrected chi connectivity index (χ3v) is 11.3. The molecule has 280 valence electrons. The summed E-state index contributed by atoms with van der Waals surface area (Å²) in [5.41, 5.74) is -0.636. The topological polar surface area (TPSA) is 155 Å². The number of carbonyl (C=O) groups is 5. The van der Waals surface area contributed by atoms with Crippen molar-refractivity contribution in [2.45, 2.75) is 138 Å². The number of ether oxygens (including phenoxy) is 4. The zero-order chi connectivity index (χ0) is 37.5. The van der Waals surface area contributed by atoms with Gasteiger partial charge in [0.05, 0.1) is 32.3 Å². The van der Waals surface area contributed by atoms with E-state index in [1.54, 1.807) is 34.6 Å². The highest BCUT2D eigenvalue weighted by Crippen LogP contribution is 2.59. The van der Waals surface area contributed by atoms with Crippen LogP contribution in [0.4, 0.5) is 0 Å². The van der Waals surface area contributed by atoms with Crippen LogP contribution < -0.4 is 5.32 Å². The van der Waals surface area contributed by atoms with E-state index in [4.69, 9.17) is 18.9 Å². The number of hydrogen-bond donors (Lipinski definition) is 2. The van der Waals surface area contributed by atoms with E-state index >= 15 is 0 Å². The lowest BCUT2D eigenvalue weighted by molar-refractivity contribution is -0.162. The Hall–Kier alpha value is -3.47. The Morgan fingerprint density at radius 2 is 1.72 bits per heavy atom. The van der Waals surface area contributed by atoms with Crippen molar-refractivity contribution in [1.29, 1.82) is 0 Å². The molecule has 11 nitrogen and oxygen atoms in total. The highest BCUT2D eigenvalue weighted by atomic mass is 16.6. The molecule has 2 aliphatic carbocycles. The maximum atomic E-state index is 13.2. The molecule has 1 amide bonds. The summed E-state index contributed by atoms with van der Waals surface area (Å²) >= 11 is 0. The first-order valence-electron chi connectivity index (χ1n) is 17.9. The van der Waals surface area contributed by atoms with Gasteiger partial charge in [0.15, 0.2) is 0 Å². The molecule has 3 rings (SSSR count). The number of carboxylic acids is 1. The zero-order valence-corrected chi connectivity index (χ0v) is 31.5. The van der Waals surface area contributed by atoms with Crippen molar-refractivity contribution in [2.75, 3.05) is 13.7 Å². The number of rotatable bonds is 15. The number of carboxylic acid groups (broad SMARTS) is 1. The number of fused-ring (bicyclic) bond motifs is 5. The lowest BCUT2D eigenvalue weighted by Crippen LogP contribution is -2.53. The molecule has 1 heterocycles. The third-order valence-electron chi connectivity index (χ3n) is 11.3. The van der Waals surface area contributed by atoms with Gasteiger partial charge in [-0.15, -0.1) is 0 Å². The summed E-state index contributed by atoms with van der Waals surface area (Å²) in [6.45, 7) is 15.4. The van der Waals surface area contributed by atoms with Crippen LogP contribution in [0.3, 0.4) is 0 Å². The largest absolute Gasteiger partial charge is 0.481 e. The Bertz CT molecular complexity index is 1360. The van der Waals surface area contributed by atoms with Gasteiger partial charge in [-0.3, -0.25) is 9.59 Å². The summed E-state index contributed by atoms with van der Waals surface area (Å²) in [5, 5.41) is 12.0. The Kier molecular flexibility index (Phi) is 13.7. The van der Waals surface area contributed by atoms with Crippen LogP contribution >= 0.6 is 0 Å². The van der Waals surface area contributed by atoms with E-state index in [2.05, 4.69) is 32.2 Å². The fourth-order valence-electron chi connectivity index (χ4n) is 8.22. The minimum atomic E-state index is -0.994. The van der Waals surface area contributed by atoms with Gasteiger partial charge in [-0.25, -0.2) is 14.4 Å². The monoisotopic (exact) mass is 701 g/mol. The molecule has 0 aromatic carbocycles. The van der Waals surface area contributed by atoms with Crippen molar-refractivity contribution >= 4 is 29.8 Å². The fourth-order valence-corrected chi connectivity index (χ4v) is 8.22. The number of nitrogens with one attached hydrogen (secondary N) is 1. The predicted molar refractivity (Wildman–Crippen MR) is 188 cm³/mol. The SMILES string of the molecule is COC(=O)[C@H](NC(=O)C(C)(C)CC(C)(C)CC(=O)O)[C@H](C)CCOC(=O)/C=C/C=C\C(=O)O[C@@H]1C[C@@H]2CCC[C@@]1(C)[C@@]1(C)CCC(C)=C[C@H]1O2. The van der Waals surface area contributed by atoms with Gasteiger partial charge < -0.3 is 29.4 Å². The highest BCUT2D eigenvalue weighted by Gasteiger charge is 2.59. The molecule has 7 atom stereocenters. The van der Waals surface area contributed by atoms with Crippen LogP contribution in [-0.2, 0) is 42.9 Å². The number of esters is 3. The smallest absolute Gasteiger partial charge is 0.331 e. The van der Waals surface area contributed by atoms with Crippen molar-refractivity contribution in [1.82, 2.24) is 5.32 Å². The van der Waals surface area contributed by atoms with E-state index in [0.717, 1.165) is 32.1 Å². The third kappa shape index (κ3) is 10.3. The number of aliphatic carboxylic acids is 1. The van der Waals surface area contributed by atoms with Gasteiger partial charge in [0.2, 0.25) is 5.91 Å². The van der Waals surface area contributed by atoms with Crippen LogP contribution in [0, 0.1) is 27.6 Å². The van der Waals surface area contributed by atoms with E-state index in [0.29, 0.717) is 6.42 Å². The summed E-state index contributed by atoms with van der Waals surface area (Å²) < 4.78 is 22.9. The lowest BCUT2D eigenvalue weighted by Gasteiger charge is -2.53. The summed E-state index contributed by atoms with van der Waals surface area (Å²) in [6, 6.07) is -0.994. The van der Waals surface area contributed by atoms with E-state index < -0.39 is 52.6 Å². The van der Waals surface area contributed by atoms with E-state index in [1.807, 2.05) is 0 Å². The van der Waals surface area contributed by atoms with Crippen molar-refractivity contribution in [3.63, 3.8) is 0 Å². The molecular weight excluding hydrogens is 642 g/mol. The first kappa shape index (κ1) is 41.0. The lowest BCUT2D eigenvalue weighted by atomic mass is 9.54. The number of amides is 1. The molecule has 1 saturated heterocycles. The molecule has 1 aliphatic heterocycles. The summed E-state index contributed by atoms with van der Waals surface area (Å²) in [7, 11) is 1.23. The molecule has 2 N–H and O–H groups in total. The molecule has 1 saturated carbocycles. The number of allylic oxidation sites excluding steroid dienone is 3. The van der Waals surface area contributed by atoms with Gasteiger partial charge in [-0.2, -0.15) is 0 Å². The molecule has 0 spiro atoms. The van der Waals surface area contributed by atoms with Gasteiger partial charge >= 0.3 is 23.9 Å². The average molecular weight is 702 g/mol. The highest BCUT2D eigenvalue weighted by molar-refractivity contribution is 5.88. The van der Waals surface area contributed by atoms with Crippen molar-refractivity contribution < 1.29 is 48.0 Å². The van der Waals surface area contributed by atoms with Gasteiger partial charge in [0, 0.05) is 34.8 Å². The normalized spacial score (nSPS) is 28.1. The van der Waals surface area contributed by atoms with Gasteiger partial charge in [0.1, 0.15) is 12.1 Å². The molecule has 0 aromatic heterocycles. The molecule has 2 fully saturated rings. The first-order valence-corrected chi connectivity index (χ1v) is 17.9. The van der Waals surface area contributed by atoms with Crippen molar-refractivity contribution in [3.05, 3.63) is 36.0 Å². The van der Waals surface area contributed by atoms with Crippen LogP contribution in [0.2, 0.25) is 0 Å². The maximum absolute atomic E-state index is 13.2. The standard InChI is InChI=1S/C39H59NO10/c1-25-16-19-39(8)28(21-25)49-27-13-12-18-38(39,7)29(22-27)50-32(44)15-11-10-14-31(43)48-20-17-26(2)33(34(45)47-9)40-35(46)37(5,6)24-36(3,4)23-30(41)42/h10-11,14-15,21,26-29,33H,12-13,16-20,22-24H2,1-9H3,(H,40,46)(H,41,42)/b14-10+,15-11-/t26-,27+,28-,29-,33-,38-,39+/m1/s1. The Morgan fingerprint density at radius 1 is 1.06 bits per heavy atom. The average Bonchev–Trinajstić information content (AvgIpc) is 3.21. The molecule has 0 radical (unpaired) electrons. The van der Waals surface area contributed by atoms with Crippen LogP contribution in [-0.4, -0.2) is 73.0 Å². The molecule has 11 heteroatoms.